The zero-order valence-corrected chi connectivity index (χ0v) is 21.1. The maximum absolute atomic E-state index is 13.6. The van der Waals surface area contributed by atoms with Gasteiger partial charge in [0.1, 0.15) is 11.3 Å². The van der Waals surface area contributed by atoms with Crippen LogP contribution in [0, 0.1) is 5.92 Å². The molecule has 30 heavy (non-hydrogen) atoms. The summed E-state index contributed by atoms with van der Waals surface area (Å²) in [5, 5.41) is 2.31. The van der Waals surface area contributed by atoms with E-state index in [-0.39, 0.29) is 18.1 Å². The molecule has 0 unspecified atom stereocenters. The van der Waals surface area contributed by atoms with Gasteiger partial charge in [0.2, 0.25) is 0 Å². The fourth-order valence-electron chi connectivity index (χ4n) is 2.41. The Kier molecular flexibility index (Phi) is 9.90. The maximum Gasteiger partial charge on any atom is 0.409 e. The van der Waals surface area contributed by atoms with E-state index in [1.807, 2.05) is 33.9 Å². The monoisotopic (exact) mass is 458 g/mol. The molecule has 0 aromatic carbocycles. The Morgan fingerprint density at radius 1 is 1.03 bits per heavy atom. The zero-order valence-electron chi connectivity index (χ0n) is 20.1. The number of hydrogen-bond acceptors (Lipinski definition) is 5. The van der Waals surface area contributed by atoms with Gasteiger partial charge in [-0.25, -0.2) is 4.79 Å². The molecule has 0 rings (SSSR count). The van der Waals surface area contributed by atoms with Gasteiger partial charge in [-0.1, -0.05) is 20.8 Å². The second-order valence-corrected chi connectivity index (χ2v) is 15.3. The summed E-state index contributed by atoms with van der Waals surface area (Å²) in [6, 6.07) is 0. The van der Waals surface area contributed by atoms with Crippen LogP contribution in [-0.2, 0) is 13.9 Å². The minimum absolute atomic E-state index is 0.00663. The summed E-state index contributed by atoms with van der Waals surface area (Å²) < 4.78 is 57.7. The van der Waals surface area contributed by atoms with Crippen molar-refractivity contribution in [3.63, 3.8) is 0 Å². The molecule has 0 spiro atoms. The molecule has 0 aliphatic rings. The Morgan fingerprint density at radius 3 is 1.90 bits per heavy atom. The highest BCUT2D eigenvalue weighted by atomic mass is 28.4. The van der Waals surface area contributed by atoms with E-state index < -0.39 is 50.5 Å². The van der Waals surface area contributed by atoms with Crippen molar-refractivity contribution in [1.82, 2.24) is 5.32 Å². The minimum Gasteiger partial charge on any atom is -0.444 e. The summed E-state index contributed by atoms with van der Waals surface area (Å²) in [6.45, 7) is 17.5. The van der Waals surface area contributed by atoms with Crippen molar-refractivity contribution in [2.24, 2.45) is 11.7 Å². The summed E-state index contributed by atoms with van der Waals surface area (Å²) in [7, 11) is -2.48. The smallest absolute Gasteiger partial charge is 0.409 e. The molecule has 0 aliphatic carbocycles. The lowest BCUT2D eigenvalue weighted by molar-refractivity contribution is -0.197. The van der Waals surface area contributed by atoms with Gasteiger partial charge in [-0.2, -0.15) is 13.2 Å². The number of hydrogen-bond donors (Lipinski definition) is 2. The van der Waals surface area contributed by atoms with Crippen LogP contribution in [0.4, 0.5) is 18.0 Å². The first-order valence-corrected chi connectivity index (χ1v) is 13.1. The Labute approximate surface area is 180 Å². The molecule has 0 fully saturated rings. The number of ether oxygens (including phenoxy) is 2. The number of alkyl halides is 3. The first-order chi connectivity index (χ1) is 13.1. The molecule has 0 aromatic heterocycles. The quantitative estimate of drug-likeness (QED) is 0.367. The zero-order chi connectivity index (χ0) is 24.2. The molecule has 0 aromatic rings. The number of rotatable bonds is 9. The van der Waals surface area contributed by atoms with E-state index in [1.165, 1.54) is 0 Å². The highest BCUT2D eigenvalue weighted by Crippen LogP contribution is 2.40. The summed E-state index contributed by atoms with van der Waals surface area (Å²) >= 11 is 0. The van der Waals surface area contributed by atoms with Crippen molar-refractivity contribution >= 4 is 14.4 Å². The number of nitrogens with two attached hydrogens (primary N) is 1. The summed E-state index contributed by atoms with van der Waals surface area (Å²) in [5.74, 6) is -1.79. The first-order valence-electron chi connectivity index (χ1n) is 10.2. The molecule has 6 nitrogen and oxygen atoms in total. The van der Waals surface area contributed by atoms with Crippen molar-refractivity contribution in [1.29, 1.82) is 0 Å². The fourth-order valence-corrected chi connectivity index (χ4v) is 3.80. The Bertz CT molecular complexity index is 556. The third kappa shape index (κ3) is 10.5. The molecule has 0 heterocycles. The van der Waals surface area contributed by atoms with Crippen LogP contribution < -0.4 is 11.1 Å². The van der Waals surface area contributed by atoms with Crippen molar-refractivity contribution in [3.05, 3.63) is 0 Å². The van der Waals surface area contributed by atoms with Gasteiger partial charge >= 0.3 is 12.3 Å². The number of carbonyl (C=O) groups is 1. The highest BCUT2D eigenvalue weighted by Gasteiger charge is 2.48. The second kappa shape index (κ2) is 10.2. The predicted octanol–water partition coefficient (Wildman–Crippen LogP) is 5.18. The lowest BCUT2D eigenvalue weighted by atomic mass is 9.99. The van der Waals surface area contributed by atoms with Gasteiger partial charge in [-0.15, -0.1) is 0 Å². The lowest BCUT2D eigenvalue weighted by Gasteiger charge is -2.42. The van der Waals surface area contributed by atoms with Gasteiger partial charge in [-0.3, -0.25) is 5.32 Å². The van der Waals surface area contributed by atoms with Crippen molar-refractivity contribution < 1.29 is 31.9 Å². The third-order valence-electron chi connectivity index (χ3n) is 5.04. The van der Waals surface area contributed by atoms with E-state index in [0.717, 1.165) is 0 Å². The molecule has 0 saturated carbocycles. The van der Waals surface area contributed by atoms with E-state index in [0.29, 0.717) is 0 Å². The Morgan fingerprint density at radius 2 is 1.53 bits per heavy atom. The number of amides is 1. The van der Waals surface area contributed by atoms with Crippen LogP contribution in [0.5, 0.6) is 0 Å². The molecule has 1 amide bonds. The highest BCUT2D eigenvalue weighted by molar-refractivity contribution is 6.74. The van der Waals surface area contributed by atoms with Crippen molar-refractivity contribution in [2.45, 2.75) is 104 Å². The van der Waals surface area contributed by atoms with Gasteiger partial charge in [0, 0.05) is 6.54 Å². The molecular weight excluding hydrogens is 417 g/mol. The largest absolute Gasteiger partial charge is 0.444 e. The number of halogens is 3. The van der Waals surface area contributed by atoms with Gasteiger partial charge in [0.05, 0.1) is 18.6 Å². The maximum atomic E-state index is 13.6. The standard InChI is InChI=1S/C20H41F3N2O4Si/c1-17(2,3)28-16(26)25-19(7,8)27-12-11-15(14(13-24)20(21,22)23)29-30(9,10)18(4,5)6/h14-15H,11-13,24H2,1-10H3,(H,25,26)/t14-,15-/m0/s1. The number of alkyl carbamates (subject to hydrolysis) is 1. The average molecular weight is 459 g/mol. The van der Waals surface area contributed by atoms with Crippen molar-refractivity contribution in [2.75, 3.05) is 13.2 Å². The molecule has 10 heteroatoms. The van der Waals surface area contributed by atoms with Gasteiger partial charge in [-0.05, 0) is 59.2 Å². The Balaban J connectivity index is 5.24. The second-order valence-electron chi connectivity index (χ2n) is 10.6. The summed E-state index contributed by atoms with van der Waals surface area (Å²) in [4.78, 5) is 12.0. The van der Waals surface area contributed by atoms with E-state index in [9.17, 15) is 18.0 Å². The average Bonchev–Trinajstić information content (AvgIpc) is 2.41. The predicted molar refractivity (Wildman–Crippen MR) is 115 cm³/mol. The molecule has 0 aliphatic heterocycles. The van der Waals surface area contributed by atoms with E-state index in [1.54, 1.807) is 34.6 Å². The number of nitrogens with one attached hydrogen (secondary N) is 1. The van der Waals surface area contributed by atoms with Crippen LogP contribution in [0.15, 0.2) is 0 Å². The fraction of sp³-hybridized carbons (Fsp3) is 0.950. The molecule has 180 valence electrons. The summed E-state index contributed by atoms with van der Waals surface area (Å²) in [6.07, 6.45) is -6.29. The van der Waals surface area contributed by atoms with Gasteiger partial charge < -0.3 is 19.6 Å². The SMILES string of the molecule is CC(C)(C)OC(=O)NC(C)(C)OCC[C@H](O[Si](C)(C)C(C)(C)C)[C@H](CN)C(F)(F)F. The number of carbonyl (C=O) groups excluding carboxylic acids is 1. The molecule has 0 bridgehead atoms. The molecular formula is C20H41F3N2O4Si. The molecule has 2 atom stereocenters. The van der Waals surface area contributed by atoms with Crippen LogP contribution in [0.1, 0.15) is 61.8 Å². The third-order valence-corrected chi connectivity index (χ3v) is 9.55. The van der Waals surface area contributed by atoms with Crippen LogP contribution >= 0.6 is 0 Å². The van der Waals surface area contributed by atoms with Crippen LogP contribution in [0.2, 0.25) is 18.1 Å². The summed E-state index contributed by atoms with van der Waals surface area (Å²) in [5.41, 5.74) is 3.67. The van der Waals surface area contributed by atoms with Crippen LogP contribution in [0.25, 0.3) is 0 Å². The van der Waals surface area contributed by atoms with E-state index in [2.05, 4.69) is 5.32 Å². The van der Waals surface area contributed by atoms with Gasteiger partial charge in [0.25, 0.3) is 0 Å². The van der Waals surface area contributed by atoms with E-state index in [4.69, 9.17) is 19.6 Å². The van der Waals surface area contributed by atoms with Crippen LogP contribution in [0.3, 0.4) is 0 Å². The Hall–Kier alpha value is -0.843. The first kappa shape index (κ1) is 29.2. The van der Waals surface area contributed by atoms with Gasteiger partial charge in [0.15, 0.2) is 8.32 Å². The topological polar surface area (TPSA) is 82.8 Å². The minimum atomic E-state index is -4.48. The molecule has 0 saturated heterocycles. The van der Waals surface area contributed by atoms with Crippen LogP contribution in [-0.4, -0.2) is 51.2 Å². The van der Waals surface area contributed by atoms with E-state index >= 15 is 0 Å². The molecule has 0 radical (unpaired) electrons. The molecule has 3 N–H and O–H groups in total. The lowest BCUT2D eigenvalue weighted by Crippen LogP contribution is -2.51. The van der Waals surface area contributed by atoms with Crippen molar-refractivity contribution in [3.8, 4) is 0 Å². The normalized spacial score (nSPS) is 16.2.